The zero-order valence-corrected chi connectivity index (χ0v) is 7.50. The first-order chi connectivity index (χ1) is 6.68. The Kier molecular flexibility index (Phi) is 2.11. The van der Waals surface area contributed by atoms with Crippen molar-refractivity contribution in [2.45, 2.75) is 0 Å². The quantitative estimate of drug-likeness (QED) is 0.549. The number of anilines is 2. The standard InChI is InChI=1S/C10H10F2N2/c11-7-5-8(12)10(13)9(6-7)14-3-1-2-4-14/h1-2,5-6H,3-4,13H2. The van der Waals surface area contributed by atoms with E-state index < -0.39 is 11.6 Å². The fraction of sp³-hybridized carbons (Fsp3) is 0.200. The highest BCUT2D eigenvalue weighted by atomic mass is 19.1. The molecule has 1 aromatic rings. The van der Waals surface area contributed by atoms with Crippen molar-refractivity contribution < 1.29 is 8.78 Å². The molecular weight excluding hydrogens is 186 g/mol. The minimum atomic E-state index is -0.702. The van der Waals surface area contributed by atoms with E-state index in [1.165, 1.54) is 6.07 Å². The monoisotopic (exact) mass is 196 g/mol. The minimum Gasteiger partial charge on any atom is -0.395 e. The highest BCUT2D eigenvalue weighted by Gasteiger charge is 2.15. The van der Waals surface area contributed by atoms with Crippen LogP contribution < -0.4 is 10.6 Å². The van der Waals surface area contributed by atoms with Crippen LogP contribution in [0.3, 0.4) is 0 Å². The maximum Gasteiger partial charge on any atom is 0.151 e. The third-order valence-corrected chi connectivity index (χ3v) is 2.23. The Balaban J connectivity index is 2.41. The minimum absolute atomic E-state index is 0.00935. The number of benzene rings is 1. The molecular formula is C10H10F2N2. The van der Waals surface area contributed by atoms with Crippen molar-refractivity contribution in [2.24, 2.45) is 0 Å². The lowest BCUT2D eigenvalue weighted by molar-refractivity contribution is 0.586. The van der Waals surface area contributed by atoms with Gasteiger partial charge in [-0.2, -0.15) is 0 Å². The highest BCUT2D eigenvalue weighted by molar-refractivity contribution is 5.69. The number of rotatable bonds is 1. The molecule has 0 unspecified atom stereocenters. The van der Waals surface area contributed by atoms with E-state index in [1.807, 2.05) is 17.1 Å². The predicted octanol–water partition coefficient (Wildman–Crippen LogP) is 1.92. The lowest BCUT2D eigenvalue weighted by Crippen LogP contribution is -2.20. The van der Waals surface area contributed by atoms with Gasteiger partial charge in [0.05, 0.1) is 11.4 Å². The van der Waals surface area contributed by atoms with E-state index >= 15 is 0 Å². The summed E-state index contributed by atoms with van der Waals surface area (Å²) in [5.74, 6) is -1.30. The summed E-state index contributed by atoms with van der Waals surface area (Å²) in [5, 5.41) is 0. The molecule has 0 saturated heterocycles. The number of nitrogens with two attached hydrogens (primary N) is 1. The van der Waals surface area contributed by atoms with Gasteiger partial charge in [-0.15, -0.1) is 0 Å². The van der Waals surface area contributed by atoms with Crippen LogP contribution in [0.5, 0.6) is 0 Å². The summed E-state index contributed by atoms with van der Waals surface area (Å²) in [6.45, 7) is 1.29. The van der Waals surface area contributed by atoms with Gasteiger partial charge >= 0.3 is 0 Å². The zero-order chi connectivity index (χ0) is 10.1. The Hall–Kier alpha value is -1.58. The molecule has 1 aliphatic rings. The van der Waals surface area contributed by atoms with Gasteiger partial charge in [0.25, 0.3) is 0 Å². The molecule has 2 nitrogen and oxygen atoms in total. The van der Waals surface area contributed by atoms with E-state index in [0.29, 0.717) is 18.8 Å². The third-order valence-electron chi connectivity index (χ3n) is 2.23. The number of nitrogen functional groups attached to an aromatic ring is 1. The van der Waals surface area contributed by atoms with Crippen LogP contribution >= 0.6 is 0 Å². The summed E-state index contributed by atoms with van der Waals surface area (Å²) in [6.07, 6.45) is 3.87. The molecule has 0 saturated carbocycles. The smallest absolute Gasteiger partial charge is 0.151 e. The molecule has 2 N–H and O–H groups in total. The Morgan fingerprint density at radius 2 is 1.79 bits per heavy atom. The van der Waals surface area contributed by atoms with Crippen molar-refractivity contribution in [3.8, 4) is 0 Å². The molecule has 14 heavy (non-hydrogen) atoms. The van der Waals surface area contributed by atoms with Crippen molar-refractivity contribution in [1.82, 2.24) is 0 Å². The highest BCUT2D eigenvalue weighted by Crippen LogP contribution is 2.28. The molecule has 1 heterocycles. The normalized spacial score (nSPS) is 15.1. The Morgan fingerprint density at radius 1 is 1.14 bits per heavy atom. The summed E-state index contributed by atoms with van der Waals surface area (Å²) in [5.41, 5.74) is 5.95. The zero-order valence-electron chi connectivity index (χ0n) is 7.50. The van der Waals surface area contributed by atoms with Gasteiger partial charge in [0.15, 0.2) is 5.82 Å². The second kappa shape index (κ2) is 3.29. The van der Waals surface area contributed by atoms with Crippen molar-refractivity contribution in [3.63, 3.8) is 0 Å². The number of hydrogen-bond donors (Lipinski definition) is 1. The van der Waals surface area contributed by atoms with Crippen LogP contribution in [0.15, 0.2) is 24.3 Å². The summed E-state index contributed by atoms with van der Waals surface area (Å²) < 4.78 is 26.0. The van der Waals surface area contributed by atoms with Gasteiger partial charge in [0, 0.05) is 19.2 Å². The molecule has 0 bridgehead atoms. The second-order valence-electron chi connectivity index (χ2n) is 3.20. The summed E-state index contributed by atoms with van der Waals surface area (Å²) in [7, 11) is 0. The van der Waals surface area contributed by atoms with Crippen LogP contribution in [-0.4, -0.2) is 13.1 Å². The van der Waals surface area contributed by atoms with Crippen molar-refractivity contribution in [3.05, 3.63) is 35.9 Å². The summed E-state index contributed by atoms with van der Waals surface area (Å²) in [6, 6.07) is 2.05. The first kappa shape index (κ1) is 8.99. The lowest BCUT2D eigenvalue weighted by atomic mass is 10.2. The molecule has 1 aromatic carbocycles. The van der Waals surface area contributed by atoms with E-state index in [1.54, 1.807) is 0 Å². The van der Waals surface area contributed by atoms with Crippen LogP contribution in [0.2, 0.25) is 0 Å². The number of nitrogens with zero attached hydrogens (tertiary/aromatic N) is 1. The molecule has 0 fully saturated rings. The predicted molar refractivity (Wildman–Crippen MR) is 52.1 cm³/mol. The second-order valence-corrected chi connectivity index (χ2v) is 3.20. The molecule has 4 heteroatoms. The maximum atomic E-state index is 13.1. The first-order valence-electron chi connectivity index (χ1n) is 4.33. The first-order valence-corrected chi connectivity index (χ1v) is 4.33. The van der Waals surface area contributed by atoms with E-state index in [2.05, 4.69) is 0 Å². The van der Waals surface area contributed by atoms with Gasteiger partial charge in [0.1, 0.15) is 5.82 Å². The summed E-state index contributed by atoms with van der Waals surface area (Å²) >= 11 is 0. The van der Waals surface area contributed by atoms with E-state index in [-0.39, 0.29) is 5.69 Å². The summed E-state index contributed by atoms with van der Waals surface area (Å²) in [4.78, 5) is 1.81. The van der Waals surface area contributed by atoms with E-state index in [9.17, 15) is 8.78 Å². The van der Waals surface area contributed by atoms with Gasteiger partial charge in [-0.3, -0.25) is 0 Å². The molecule has 0 aliphatic carbocycles. The van der Waals surface area contributed by atoms with Crippen molar-refractivity contribution >= 4 is 11.4 Å². The SMILES string of the molecule is Nc1c(F)cc(F)cc1N1CC=CC1. The van der Waals surface area contributed by atoms with Crippen LogP contribution in [0.4, 0.5) is 20.2 Å². The topological polar surface area (TPSA) is 29.3 Å². The van der Waals surface area contributed by atoms with Crippen LogP contribution in [0.1, 0.15) is 0 Å². The van der Waals surface area contributed by atoms with Crippen molar-refractivity contribution in [2.75, 3.05) is 23.7 Å². The third kappa shape index (κ3) is 1.43. The molecule has 0 spiro atoms. The molecule has 0 amide bonds. The van der Waals surface area contributed by atoms with Gasteiger partial charge in [0.2, 0.25) is 0 Å². The van der Waals surface area contributed by atoms with E-state index in [4.69, 9.17) is 5.73 Å². The average Bonchev–Trinajstić information content (AvgIpc) is 2.63. The molecule has 1 aliphatic heterocycles. The van der Waals surface area contributed by atoms with Gasteiger partial charge in [-0.25, -0.2) is 8.78 Å². The van der Waals surface area contributed by atoms with Crippen LogP contribution in [-0.2, 0) is 0 Å². The molecule has 0 aromatic heterocycles. The largest absolute Gasteiger partial charge is 0.395 e. The maximum absolute atomic E-state index is 13.1. The number of hydrogen-bond acceptors (Lipinski definition) is 2. The average molecular weight is 196 g/mol. The van der Waals surface area contributed by atoms with Crippen LogP contribution in [0.25, 0.3) is 0 Å². The molecule has 74 valence electrons. The Morgan fingerprint density at radius 3 is 2.43 bits per heavy atom. The van der Waals surface area contributed by atoms with Crippen LogP contribution in [0, 0.1) is 11.6 Å². The van der Waals surface area contributed by atoms with Crippen molar-refractivity contribution in [1.29, 1.82) is 0 Å². The fourth-order valence-corrected chi connectivity index (χ4v) is 1.51. The fourth-order valence-electron chi connectivity index (χ4n) is 1.51. The molecule has 0 atom stereocenters. The van der Waals surface area contributed by atoms with Gasteiger partial charge < -0.3 is 10.6 Å². The van der Waals surface area contributed by atoms with Gasteiger partial charge in [-0.1, -0.05) is 12.2 Å². The van der Waals surface area contributed by atoms with Gasteiger partial charge in [-0.05, 0) is 6.07 Å². The number of halogens is 2. The molecule has 0 radical (unpaired) electrons. The Bertz CT molecular complexity index is 380. The Labute approximate surface area is 80.6 Å². The lowest BCUT2D eigenvalue weighted by Gasteiger charge is -2.19. The van der Waals surface area contributed by atoms with E-state index in [0.717, 1.165) is 6.07 Å². The molecule has 2 rings (SSSR count).